The molecule has 0 atom stereocenters. The van der Waals surface area contributed by atoms with Crippen LogP contribution in [0.15, 0.2) is 30.5 Å². The van der Waals surface area contributed by atoms with Crippen LogP contribution in [-0.2, 0) is 6.42 Å². The summed E-state index contributed by atoms with van der Waals surface area (Å²) in [6.07, 6.45) is 2.64. The summed E-state index contributed by atoms with van der Waals surface area (Å²) in [7, 11) is 0. The van der Waals surface area contributed by atoms with E-state index >= 15 is 0 Å². The maximum absolute atomic E-state index is 4.89. The quantitative estimate of drug-likeness (QED) is 0.799. The fourth-order valence-corrected chi connectivity index (χ4v) is 1.49. The first kappa shape index (κ1) is 10.8. The van der Waals surface area contributed by atoms with E-state index in [1.54, 1.807) is 6.20 Å². The Morgan fingerprint density at radius 2 is 2.06 bits per heavy atom. The van der Waals surface area contributed by atoms with Gasteiger partial charge in [-0.1, -0.05) is 19.1 Å². The molecule has 0 unspecified atom stereocenters. The Morgan fingerprint density at radius 1 is 1.31 bits per heavy atom. The summed E-state index contributed by atoms with van der Waals surface area (Å²) >= 11 is 4.89. The molecule has 2 aromatic rings. The molecule has 0 saturated heterocycles. The number of benzene rings is 1. The number of aromatic amines is 1. The van der Waals surface area contributed by atoms with Crippen LogP contribution in [0.25, 0.3) is 0 Å². The fraction of sp³-hybridized carbons (Fsp3) is 0.182. The van der Waals surface area contributed by atoms with Crippen LogP contribution in [0.3, 0.4) is 0 Å². The summed E-state index contributed by atoms with van der Waals surface area (Å²) in [6.45, 7) is 2.13. The summed E-state index contributed by atoms with van der Waals surface area (Å²) in [5, 5.41) is 9.59. The van der Waals surface area contributed by atoms with Crippen molar-refractivity contribution in [2.75, 3.05) is 5.32 Å². The zero-order valence-electron chi connectivity index (χ0n) is 8.90. The van der Waals surface area contributed by atoms with Crippen LogP contribution in [0.5, 0.6) is 0 Å². The van der Waals surface area contributed by atoms with Gasteiger partial charge in [0.05, 0.1) is 6.20 Å². The number of nitrogens with zero attached hydrogens (tertiary/aromatic N) is 2. The highest BCUT2D eigenvalue weighted by Crippen LogP contribution is 2.14. The van der Waals surface area contributed by atoms with Gasteiger partial charge in [0.15, 0.2) is 5.82 Å². The number of hydrogen-bond acceptors (Lipinski definition) is 4. The minimum Gasteiger partial charge on any atom is -0.339 e. The van der Waals surface area contributed by atoms with Crippen molar-refractivity contribution in [3.05, 3.63) is 40.8 Å². The molecular weight excluding hydrogens is 220 g/mol. The molecule has 0 amide bonds. The van der Waals surface area contributed by atoms with E-state index in [9.17, 15) is 0 Å². The van der Waals surface area contributed by atoms with Crippen LogP contribution in [0, 0.1) is 4.77 Å². The first-order valence-corrected chi connectivity index (χ1v) is 5.46. The summed E-state index contributed by atoms with van der Waals surface area (Å²) in [6, 6.07) is 8.19. The van der Waals surface area contributed by atoms with Crippen LogP contribution in [-0.4, -0.2) is 15.2 Å². The smallest absolute Gasteiger partial charge is 0.215 e. The van der Waals surface area contributed by atoms with E-state index in [1.807, 2.05) is 12.1 Å². The zero-order chi connectivity index (χ0) is 11.4. The average molecular weight is 232 g/mol. The van der Waals surface area contributed by atoms with E-state index in [1.165, 1.54) is 5.56 Å². The van der Waals surface area contributed by atoms with Crippen molar-refractivity contribution >= 4 is 23.7 Å². The number of H-pyrrole nitrogens is 1. The monoisotopic (exact) mass is 232 g/mol. The van der Waals surface area contributed by atoms with Gasteiger partial charge in [0.25, 0.3) is 0 Å². The Morgan fingerprint density at radius 3 is 2.69 bits per heavy atom. The highest BCUT2D eigenvalue weighted by atomic mass is 32.1. The summed E-state index contributed by atoms with van der Waals surface area (Å²) < 4.78 is 0.371. The van der Waals surface area contributed by atoms with E-state index in [2.05, 4.69) is 39.6 Å². The van der Waals surface area contributed by atoms with Gasteiger partial charge in [-0.2, -0.15) is 10.1 Å². The Labute approximate surface area is 98.8 Å². The zero-order valence-corrected chi connectivity index (χ0v) is 9.71. The third-order valence-electron chi connectivity index (χ3n) is 2.20. The number of rotatable bonds is 3. The third kappa shape index (κ3) is 2.64. The fourth-order valence-electron chi connectivity index (χ4n) is 1.34. The van der Waals surface area contributed by atoms with Gasteiger partial charge < -0.3 is 5.32 Å². The van der Waals surface area contributed by atoms with E-state index in [0.717, 1.165) is 12.1 Å². The molecular formula is C11H12N4S. The van der Waals surface area contributed by atoms with Crippen LogP contribution >= 0.6 is 12.2 Å². The highest BCUT2D eigenvalue weighted by molar-refractivity contribution is 7.71. The van der Waals surface area contributed by atoms with E-state index in [4.69, 9.17) is 12.2 Å². The molecule has 0 spiro atoms. The number of aromatic nitrogens is 3. The van der Waals surface area contributed by atoms with Gasteiger partial charge in [-0.05, 0) is 36.3 Å². The minimum absolute atomic E-state index is 0.371. The van der Waals surface area contributed by atoms with Crippen molar-refractivity contribution in [1.82, 2.24) is 15.2 Å². The third-order valence-corrected chi connectivity index (χ3v) is 2.39. The lowest BCUT2D eigenvalue weighted by atomic mass is 10.1. The molecule has 0 aliphatic carbocycles. The molecule has 0 aliphatic rings. The van der Waals surface area contributed by atoms with Crippen molar-refractivity contribution in [1.29, 1.82) is 0 Å². The molecule has 2 N–H and O–H groups in total. The second-order valence-electron chi connectivity index (χ2n) is 3.35. The lowest BCUT2D eigenvalue weighted by Crippen LogP contribution is -1.96. The average Bonchev–Trinajstić information content (AvgIpc) is 2.30. The predicted octanol–water partition coefficient (Wildman–Crippen LogP) is 2.84. The van der Waals surface area contributed by atoms with Crippen molar-refractivity contribution in [3.63, 3.8) is 0 Å². The summed E-state index contributed by atoms with van der Waals surface area (Å²) in [5.74, 6) is 0.646. The van der Waals surface area contributed by atoms with Crippen LogP contribution < -0.4 is 5.32 Å². The Bertz CT molecular complexity index is 518. The Hall–Kier alpha value is -1.75. The van der Waals surface area contributed by atoms with Crippen molar-refractivity contribution in [2.45, 2.75) is 13.3 Å². The topological polar surface area (TPSA) is 53.6 Å². The SMILES string of the molecule is CCc1ccc(Nc2cn[nH]c(=S)n2)cc1. The molecule has 2 rings (SSSR count). The largest absolute Gasteiger partial charge is 0.339 e. The van der Waals surface area contributed by atoms with Crippen molar-refractivity contribution in [2.24, 2.45) is 0 Å². The second-order valence-corrected chi connectivity index (χ2v) is 3.73. The van der Waals surface area contributed by atoms with Gasteiger partial charge in [-0.15, -0.1) is 0 Å². The standard InChI is InChI=1S/C11H12N4S/c1-2-8-3-5-9(6-4-8)13-10-7-12-15-11(16)14-10/h3-7H,2H2,1H3,(H2,13,14,15,16). The minimum atomic E-state index is 0.371. The number of anilines is 2. The van der Waals surface area contributed by atoms with E-state index < -0.39 is 0 Å². The normalized spacial score (nSPS) is 10.1. The second kappa shape index (κ2) is 4.85. The molecule has 1 aromatic heterocycles. The highest BCUT2D eigenvalue weighted by Gasteiger charge is 1.96. The molecule has 0 aliphatic heterocycles. The lowest BCUT2D eigenvalue weighted by Gasteiger charge is -2.05. The maximum atomic E-state index is 4.89. The molecule has 0 radical (unpaired) electrons. The van der Waals surface area contributed by atoms with Gasteiger partial charge in [0, 0.05) is 5.69 Å². The van der Waals surface area contributed by atoms with E-state index in [-0.39, 0.29) is 0 Å². The first-order valence-electron chi connectivity index (χ1n) is 5.05. The van der Waals surface area contributed by atoms with Gasteiger partial charge in [0.1, 0.15) is 0 Å². The number of hydrogen-bond donors (Lipinski definition) is 2. The Kier molecular flexibility index (Phi) is 3.26. The molecule has 1 aromatic carbocycles. The molecule has 16 heavy (non-hydrogen) atoms. The van der Waals surface area contributed by atoms with Crippen LogP contribution in [0.1, 0.15) is 12.5 Å². The maximum Gasteiger partial charge on any atom is 0.215 e. The van der Waals surface area contributed by atoms with Crippen molar-refractivity contribution < 1.29 is 0 Å². The van der Waals surface area contributed by atoms with Crippen LogP contribution in [0.2, 0.25) is 0 Å². The van der Waals surface area contributed by atoms with Gasteiger partial charge in [0.2, 0.25) is 4.77 Å². The molecule has 4 nitrogen and oxygen atoms in total. The van der Waals surface area contributed by atoms with Gasteiger partial charge in [-0.3, -0.25) is 5.10 Å². The van der Waals surface area contributed by atoms with Crippen LogP contribution in [0.4, 0.5) is 11.5 Å². The predicted molar refractivity (Wildman–Crippen MR) is 66.3 cm³/mol. The number of aryl methyl sites for hydroxylation is 1. The van der Waals surface area contributed by atoms with Crippen molar-refractivity contribution in [3.8, 4) is 0 Å². The molecule has 0 bridgehead atoms. The number of nitrogens with one attached hydrogen (secondary N) is 2. The van der Waals surface area contributed by atoms with Gasteiger partial charge >= 0.3 is 0 Å². The lowest BCUT2D eigenvalue weighted by molar-refractivity contribution is 0.953. The Balaban J connectivity index is 2.17. The summed E-state index contributed by atoms with van der Waals surface area (Å²) in [5.41, 5.74) is 2.29. The molecule has 5 heteroatoms. The summed E-state index contributed by atoms with van der Waals surface area (Å²) in [4.78, 5) is 4.10. The molecule has 0 saturated carbocycles. The first-order chi connectivity index (χ1) is 7.78. The van der Waals surface area contributed by atoms with Gasteiger partial charge in [-0.25, -0.2) is 0 Å². The molecule has 82 valence electrons. The molecule has 0 fully saturated rings. The molecule has 1 heterocycles. The van der Waals surface area contributed by atoms with E-state index in [0.29, 0.717) is 10.6 Å².